The minimum Gasteiger partial charge on any atom is -0.357 e. The number of hydrogen-bond acceptors (Lipinski definition) is 3. The Hall–Kier alpha value is -2.22. The number of piperazine rings is 1. The second kappa shape index (κ2) is 10.7. The van der Waals surface area contributed by atoms with Crippen molar-refractivity contribution in [2.24, 2.45) is 4.99 Å². The minimum atomic E-state index is -0.822. The lowest BCUT2D eigenvalue weighted by Gasteiger charge is -2.39. The maximum Gasteiger partial charge on any atom is 0.239 e. The summed E-state index contributed by atoms with van der Waals surface area (Å²) < 4.78 is 27.2. The monoisotopic (exact) mass is 421 g/mol. The van der Waals surface area contributed by atoms with Crippen LogP contribution in [0.3, 0.4) is 0 Å². The number of carbonyl (C=O) groups is 1. The second-order valence-corrected chi connectivity index (χ2v) is 7.93. The van der Waals surface area contributed by atoms with E-state index in [1.165, 1.54) is 6.07 Å². The summed E-state index contributed by atoms with van der Waals surface area (Å²) in [7, 11) is 0. The molecule has 0 saturated carbocycles. The lowest BCUT2D eigenvalue weighted by Crippen LogP contribution is -2.57. The number of nitrogens with one attached hydrogen (secondary N) is 1. The first-order valence-corrected chi connectivity index (χ1v) is 11.0. The molecule has 2 saturated heterocycles. The molecule has 1 N–H and O–H groups in total. The van der Waals surface area contributed by atoms with Crippen molar-refractivity contribution in [1.82, 2.24) is 20.0 Å². The van der Waals surface area contributed by atoms with Crippen LogP contribution in [0.2, 0.25) is 0 Å². The van der Waals surface area contributed by atoms with Gasteiger partial charge in [-0.25, -0.2) is 8.78 Å². The lowest BCUT2D eigenvalue weighted by molar-refractivity contribution is -0.135. The van der Waals surface area contributed by atoms with Crippen molar-refractivity contribution in [3.63, 3.8) is 0 Å². The molecule has 6 nitrogen and oxygen atoms in total. The molecule has 1 aromatic carbocycles. The van der Waals surface area contributed by atoms with Gasteiger partial charge >= 0.3 is 0 Å². The summed E-state index contributed by atoms with van der Waals surface area (Å²) in [5, 5.41) is 3.29. The van der Waals surface area contributed by atoms with Crippen LogP contribution in [0.1, 0.15) is 32.3 Å². The molecule has 2 fully saturated rings. The summed E-state index contributed by atoms with van der Waals surface area (Å²) in [4.78, 5) is 23.7. The minimum absolute atomic E-state index is 0.0966. The Morgan fingerprint density at radius 3 is 2.47 bits per heavy atom. The van der Waals surface area contributed by atoms with Crippen LogP contribution in [-0.2, 0) is 11.2 Å². The van der Waals surface area contributed by atoms with Gasteiger partial charge in [-0.15, -0.1) is 0 Å². The summed E-state index contributed by atoms with van der Waals surface area (Å²) in [6, 6.07) is 4.15. The summed E-state index contributed by atoms with van der Waals surface area (Å²) in [6.45, 7) is 10.0. The molecule has 0 spiro atoms. The number of guanidine groups is 1. The van der Waals surface area contributed by atoms with Crippen molar-refractivity contribution in [3.8, 4) is 0 Å². The fraction of sp³-hybridized carbons (Fsp3) is 0.636. The van der Waals surface area contributed by atoms with Crippen molar-refractivity contribution in [2.45, 2.75) is 39.2 Å². The maximum atomic E-state index is 13.8. The van der Waals surface area contributed by atoms with Gasteiger partial charge in [0, 0.05) is 52.4 Å². The number of benzene rings is 1. The number of likely N-dealkylation sites (tertiary alicyclic amines) is 1. The Labute approximate surface area is 177 Å². The number of hydrogen-bond donors (Lipinski definition) is 1. The summed E-state index contributed by atoms with van der Waals surface area (Å²) in [5.74, 6) is -0.591. The number of halogens is 2. The third-order valence-electron chi connectivity index (χ3n) is 5.95. The molecule has 0 aromatic heterocycles. The van der Waals surface area contributed by atoms with Crippen LogP contribution in [0.25, 0.3) is 0 Å². The van der Waals surface area contributed by atoms with Gasteiger partial charge in [0.2, 0.25) is 5.91 Å². The van der Waals surface area contributed by atoms with Crippen LogP contribution in [0, 0.1) is 11.6 Å². The smallest absolute Gasteiger partial charge is 0.239 e. The molecule has 8 heteroatoms. The average molecular weight is 422 g/mol. The van der Waals surface area contributed by atoms with Gasteiger partial charge in [-0.2, -0.15) is 0 Å². The zero-order valence-corrected chi connectivity index (χ0v) is 18.0. The van der Waals surface area contributed by atoms with E-state index in [4.69, 9.17) is 0 Å². The molecular formula is C22H33F2N5O. The van der Waals surface area contributed by atoms with Crippen LogP contribution < -0.4 is 5.32 Å². The summed E-state index contributed by atoms with van der Waals surface area (Å²) in [5.41, 5.74) is 0.341. The molecular weight excluding hydrogens is 388 g/mol. The predicted molar refractivity (Wildman–Crippen MR) is 114 cm³/mol. The molecule has 3 rings (SSSR count). The first kappa shape index (κ1) is 22.5. The van der Waals surface area contributed by atoms with E-state index in [0.717, 1.165) is 70.7 Å². The highest BCUT2D eigenvalue weighted by molar-refractivity contribution is 5.82. The highest BCUT2D eigenvalue weighted by Crippen LogP contribution is 2.15. The first-order valence-electron chi connectivity index (χ1n) is 11.0. The van der Waals surface area contributed by atoms with E-state index in [0.29, 0.717) is 18.5 Å². The number of nitrogens with zero attached hydrogens (tertiary/aromatic N) is 4. The molecule has 2 aliphatic rings. The summed E-state index contributed by atoms with van der Waals surface area (Å²) >= 11 is 0. The van der Waals surface area contributed by atoms with Crippen molar-refractivity contribution >= 4 is 11.9 Å². The third-order valence-corrected chi connectivity index (χ3v) is 5.95. The van der Waals surface area contributed by atoms with Gasteiger partial charge in [0.1, 0.15) is 0 Å². The predicted octanol–water partition coefficient (Wildman–Crippen LogP) is 2.10. The van der Waals surface area contributed by atoms with Crippen LogP contribution in [-0.4, -0.2) is 85.0 Å². The molecule has 0 aliphatic carbocycles. The van der Waals surface area contributed by atoms with Crippen molar-refractivity contribution in [1.29, 1.82) is 0 Å². The van der Waals surface area contributed by atoms with E-state index >= 15 is 0 Å². The number of amides is 1. The fourth-order valence-electron chi connectivity index (χ4n) is 4.13. The zero-order chi connectivity index (χ0) is 21.5. The molecule has 1 aromatic rings. The number of carbonyl (C=O) groups excluding carboxylic acids is 1. The van der Waals surface area contributed by atoms with Gasteiger partial charge in [0.15, 0.2) is 17.6 Å². The number of rotatable bonds is 6. The Kier molecular flexibility index (Phi) is 8.01. The Morgan fingerprint density at radius 2 is 1.80 bits per heavy atom. The molecule has 166 valence electrons. The van der Waals surface area contributed by atoms with E-state index in [-0.39, 0.29) is 11.9 Å². The van der Waals surface area contributed by atoms with Crippen molar-refractivity contribution in [2.75, 3.05) is 52.4 Å². The van der Waals surface area contributed by atoms with E-state index < -0.39 is 11.6 Å². The van der Waals surface area contributed by atoms with Crippen LogP contribution in [0.5, 0.6) is 0 Å². The van der Waals surface area contributed by atoms with Crippen LogP contribution >= 0.6 is 0 Å². The average Bonchev–Trinajstić information content (AvgIpc) is 3.30. The van der Waals surface area contributed by atoms with Gasteiger partial charge in [-0.1, -0.05) is 12.1 Å². The van der Waals surface area contributed by atoms with E-state index in [2.05, 4.69) is 20.1 Å². The van der Waals surface area contributed by atoms with Gasteiger partial charge < -0.3 is 15.1 Å². The van der Waals surface area contributed by atoms with Crippen LogP contribution in [0.15, 0.2) is 23.2 Å². The lowest BCUT2D eigenvalue weighted by atomic mass is 10.1. The zero-order valence-electron chi connectivity index (χ0n) is 18.0. The van der Waals surface area contributed by atoms with Gasteiger partial charge in [-0.05, 0) is 44.7 Å². The molecule has 30 heavy (non-hydrogen) atoms. The molecule has 0 radical (unpaired) electrons. The Bertz CT molecular complexity index is 743. The maximum absolute atomic E-state index is 13.8. The van der Waals surface area contributed by atoms with E-state index in [9.17, 15) is 13.6 Å². The van der Waals surface area contributed by atoms with Gasteiger partial charge in [0.05, 0.1) is 6.04 Å². The summed E-state index contributed by atoms with van der Waals surface area (Å²) in [6.07, 6.45) is 2.56. The standard InChI is InChI=1S/C22H33F2N5O/c1-3-25-22(26-10-9-18-7-6-8-19(23)20(18)24)29-15-13-27(14-16-29)17(2)21(30)28-11-4-5-12-28/h6-8,17H,3-5,9-16H2,1-2H3,(H,25,26). The molecule has 1 unspecified atom stereocenters. The van der Waals surface area contributed by atoms with E-state index in [1.807, 2.05) is 18.7 Å². The van der Waals surface area contributed by atoms with Crippen LogP contribution in [0.4, 0.5) is 8.78 Å². The highest BCUT2D eigenvalue weighted by atomic mass is 19.2. The Balaban J connectivity index is 1.53. The van der Waals surface area contributed by atoms with Gasteiger partial charge in [0.25, 0.3) is 0 Å². The molecule has 1 atom stereocenters. The van der Waals surface area contributed by atoms with Crippen molar-refractivity contribution in [3.05, 3.63) is 35.4 Å². The first-order chi connectivity index (χ1) is 14.5. The third kappa shape index (κ3) is 5.47. The largest absolute Gasteiger partial charge is 0.357 e. The highest BCUT2D eigenvalue weighted by Gasteiger charge is 2.30. The molecule has 1 amide bonds. The Morgan fingerprint density at radius 1 is 1.10 bits per heavy atom. The second-order valence-electron chi connectivity index (χ2n) is 7.93. The number of aliphatic imine (C=N–C) groups is 1. The quantitative estimate of drug-likeness (QED) is 0.565. The van der Waals surface area contributed by atoms with Crippen molar-refractivity contribution < 1.29 is 13.6 Å². The fourth-order valence-corrected chi connectivity index (χ4v) is 4.13. The molecule has 2 heterocycles. The topological polar surface area (TPSA) is 51.2 Å². The van der Waals surface area contributed by atoms with E-state index in [1.54, 1.807) is 6.07 Å². The SMILES string of the molecule is CCNC(=NCCc1cccc(F)c1F)N1CCN(C(C)C(=O)N2CCCC2)CC1. The molecule has 0 bridgehead atoms. The van der Waals surface area contributed by atoms with Gasteiger partial charge in [-0.3, -0.25) is 14.7 Å². The normalized spacial score (nSPS) is 19.3. The molecule has 2 aliphatic heterocycles.